The molecule has 0 saturated heterocycles. The van der Waals surface area contributed by atoms with E-state index in [0.717, 1.165) is 72.6 Å². The Hall–Kier alpha value is -1.82. The van der Waals surface area contributed by atoms with Crippen LogP contribution in [0.4, 0.5) is 0 Å². The van der Waals surface area contributed by atoms with E-state index in [1.807, 2.05) is 0 Å². The van der Waals surface area contributed by atoms with Gasteiger partial charge in [0.1, 0.15) is 0 Å². The average Bonchev–Trinajstić information content (AvgIpc) is 3.28. The number of aryl methyl sites for hydroxylation is 2. The predicted octanol–water partition coefficient (Wildman–Crippen LogP) is 11.9. The molecule has 3 rings (SSSR count). The molecule has 0 fully saturated rings. The van der Waals surface area contributed by atoms with Crippen molar-refractivity contribution in [2.45, 2.75) is 128 Å². The Morgan fingerprint density at radius 2 is 1.10 bits per heavy atom. The van der Waals surface area contributed by atoms with Gasteiger partial charge in [-0.05, 0) is 73.9 Å². The van der Waals surface area contributed by atoms with Gasteiger partial charge in [0.15, 0.2) is 0 Å². The molecule has 1 aliphatic heterocycles. The van der Waals surface area contributed by atoms with E-state index >= 15 is 0 Å². The standard InChI is InChI=1S/C34H48N2.2CH3.Pd/c1-4-7-10-12-13-15-19-29-21-17-24-31(26-29)34-32(22-9-6-3)27-33(36(34)35)30-23-16-20-28(25-30)18-14-11-8-5-2;;;/h16-17,20-21,23-27H,4-15,18-19,22H2,1-3H3;2*1H3;. The number of unbranched alkanes of at least 4 members (excludes halogenated alkanes) is 9. The second-order valence-corrected chi connectivity index (χ2v) is 12.4. The van der Waals surface area contributed by atoms with E-state index < -0.39 is 0 Å². The Labute approximate surface area is 249 Å². The van der Waals surface area contributed by atoms with Gasteiger partial charge in [-0.3, -0.25) is 0 Å². The minimum atomic E-state index is 0.910. The molecule has 0 atom stereocenters. The Morgan fingerprint density at radius 3 is 1.69 bits per heavy atom. The van der Waals surface area contributed by atoms with E-state index in [-0.39, 0.29) is 0 Å². The molecule has 218 valence electrons. The van der Waals surface area contributed by atoms with E-state index in [1.165, 1.54) is 85.6 Å². The van der Waals surface area contributed by atoms with Crippen molar-refractivity contribution in [2.24, 2.45) is 0 Å². The molecule has 39 heavy (non-hydrogen) atoms. The monoisotopic (exact) mass is 620 g/mol. The molecule has 0 radical (unpaired) electrons. The van der Waals surface area contributed by atoms with Gasteiger partial charge in [0.25, 0.3) is 0 Å². The van der Waals surface area contributed by atoms with E-state index in [1.54, 1.807) is 0 Å². The molecule has 1 heterocycles. The fourth-order valence-corrected chi connectivity index (χ4v) is 5.25. The number of benzene rings is 2. The van der Waals surface area contributed by atoms with Crippen LogP contribution in [0.15, 0.2) is 60.2 Å². The first-order valence-electron chi connectivity index (χ1n) is 15.4. The molecule has 0 spiro atoms. The zero-order valence-electron chi connectivity index (χ0n) is 25.5. The van der Waals surface area contributed by atoms with E-state index in [2.05, 4.69) is 86.2 Å². The van der Waals surface area contributed by atoms with E-state index in [9.17, 15) is 5.53 Å². The van der Waals surface area contributed by atoms with Crippen LogP contribution >= 0.6 is 0 Å². The molecule has 0 N–H and O–H groups in total. The van der Waals surface area contributed by atoms with Crippen LogP contribution in [0.5, 0.6) is 0 Å². The second kappa shape index (κ2) is 20.1. The molecule has 0 amide bonds. The third kappa shape index (κ3) is 11.7. The first-order chi connectivity index (χ1) is 19.1. The van der Waals surface area contributed by atoms with Crippen LogP contribution in [-0.4, -0.2) is 4.70 Å². The molecule has 2 aromatic rings. The molecule has 0 bridgehead atoms. The molecular weight excluding hydrogens is 567 g/mol. The topological polar surface area (TPSA) is 25.3 Å². The first kappa shape index (κ1) is 33.4. The Bertz CT molecular complexity index is 1050. The summed E-state index contributed by atoms with van der Waals surface area (Å²) >= 11 is 0.950. The molecule has 0 aliphatic carbocycles. The fourth-order valence-electron chi connectivity index (χ4n) is 5.25. The predicted molar refractivity (Wildman–Crippen MR) is 168 cm³/mol. The van der Waals surface area contributed by atoms with Crippen LogP contribution < -0.4 is 0 Å². The molecule has 0 saturated carbocycles. The van der Waals surface area contributed by atoms with Crippen molar-refractivity contribution in [3.8, 4) is 0 Å². The molecule has 1 aliphatic rings. The van der Waals surface area contributed by atoms with Gasteiger partial charge in [-0.15, -0.1) is 0 Å². The van der Waals surface area contributed by atoms with Gasteiger partial charge in [0, 0.05) is 22.8 Å². The molecule has 2 aromatic carbocycles. The van der Waals surface area contributed by atoms with Gasteiger partial charge >= 0.3 is 28.8 Å². The van der Waals surface area contributed by atoms with Crippen LogP contribution in [0, 0.1) is 0 Å². The van der Waals surface area contributed by atoms with Gasteiger partial charge in [-0.1, -0.05) is 103 Å². The summed E-state index contributed by atoms with van der Waals surface area (Å²) in [6.45, 7) is 6.77. The summed E-state index contributed by atoms with van der Waals surface area (Å²) in [5, 5.41) is 4.35. The normalized spacial score (nSPS) is 13.1. The molecule has 3 heteroatoms. The van der Waals surface area contributed by atoms with E-state index in [4.69, 9.17) is 0 Å². The van der Waals surface area contributed by atoms with Crippen molar-refractivity contribution >= 4 is 11.4 Å². The van der Waals surface area contributed by atoms with Crippen molar-refractivity contribution < 1.29 is 22.7 Å². The zero-order valence-corrected chi connectivity index (χ0v) is 27.1. The summed E-state index contributed by atoms with van der Waals surface area (Å²) in [6, 6.07) is 17.7. The number of nitrogens with zero attached hydrogens (tertiary/aromatic N) is 2. The summed E-state index contributed by atoms with van der Waals surface area (Å²) in [5.74, 6) is 0. The molecule has 2 nitrogen and oxygen atoms in total. The van der Waals surface area contributed by atoms with E-state index in [0.29, 0.717) is 0 Å². The average molecular weight is 621 g/mol. The van der Waals surface area contributed by atoms with Crippen LogP contribution in [0.25, 0.3) is 16.9 Å². The molecule has 0 aromatic heterocycles. The number of hydrogen-bond acceptors (Lipinski definition) is 0. The zero-order chi connectivity index (χ0) is 28.3. The number of allylic oxidation sites excluding steroid dienone is 2. The van der Waals surface area contributed by atoms with Crippen molar-refractivity contribution in [2.75, 3.05) is 0 Å². The van der Waals surface area contributed by atoms with Gasteiger partial charge in [-0.2, -0.15) is 0 Å². The Kier molecular flexibility index (Phi) is 17.2. The quantitative estimate of drug-likeness (QED) is 0.0955. The summed E-state index contributed by atoms with van der Waals surface area (Å²) < 4.78 is 1.46. The van der Waals surface area contributed by atoms with Gasteiger partial charge in [-0.25, -0.2) is 4.70 Å². The Balaban J connectivity index is 0.00000170. The number of hydrogen-bond donors (Lipinski definition) is 0. The van der Waals surface area contributed by atoms with Gasteiger partial charge in [0.05, 0.1) is 0 Å². The summed E-state index contributed by atoms with van der Waals surface area (Å²) in [4.78, 5) is 0. The number of rotatable bonds is 17. The fraction of sp³-hybridized carbons (Fsp3) is 0.556. The maximum atomic E-state index is 11.5. The SMILES string of the molecule is CCCCCCCCc1cccc(C2=C(CCCC)C=C(c3cccc(CCCCCC)c3)[N+]2=[N-])c1.[CH3][Pd][CH3]. The van der Waals surface area contributed by atoms with Crippen molar-refractivity contribution in [1.82, 2.24) is 0 Å². The summed E-state index contributed by atoms with van der Waals surface area (Å²) in [6.07, 6.45) is 20.7. The minimum absolute atomic E-state index is 0.910. The third-order valence-electron chi connectivity index (χ3n) is 7.42. The van der Waals surface area contributed by atoms with Crippen molar-refractivity contribution in [3.63, 3.8) is 0 Å². The molecule has 0 unspecified atom stereocenters. The first-order valence-corrected chi connectivity index (χ1v) is 18.5. The van der Waals surface area contributed by atoms with Crippen LogP contribution in [0.3, 0.4) is 0 Å². The van der Waals surface area contributed by atoms with Crippen LogP contribution in [0.1, 0.15) is 126 Å². The third-order valence-corrected chi connectivity index (χ3v) is 7.42. The molecular formula is C36H54N2Pd. The van der Waals surface area contributed by atoms with Crippen LogP contribution in [-0.2, 0) is 30.8 Å². The van der Waals surface area contributed by atoms with Gasteiger partial charge < -0.3 is 5.53 Å². The van der Waals surface area contributed by atoms with Gasteiger partial charge in [0.2, 0.25) is 11.4 Å². The summed E-state index contributed by atoms with van der Waals surface area (Å²) in [7, 11) is 0. The van der Waals surface area contributed by atoms with Crippen molar-refractivity contribution in [1.29, 1.82) is 0 Å². The summed E-state index contributed by atoms with van der Waals surface area (Å²) in [5.41, 5.74) is 19.6. The Morgan fingerprint density at radius 1 is 0.615 bits per heavy atom. The maximum absolute atomic E-state index is 11.5. The van der Waals surface area contributed by atoms with Crippen molar-refractivity contribution in [3.05, 3.63) is 88.0 Å². The van der Waals surface area contributed by atoms with Crippen LogP contribution in [0.2, 0.25) is 10.8 Å². The second-order valence-electron chi connectivity index (χ2n) is 10.9.